The number of hydrogen-bond donors (Lipinski definition) is 3. The second-order valence-electron chi connectivity index (χ2n) is 17.9. The molecule has 0 radical (unpaired) electrons. The molecule has 360 valence electrons. The molecule has 0 rings (SSSR count). The number of amides is 1. The van der Waals surface area contributed by atoms with Crippen molar-refractivity contribution in [2.75, 3.05) is 6.61 Å². The van der Waals surface area contributed by atoms with Crippen LogP contribution >= 0.6 is 0 Å². The average molecular weight is 868 g/mol. The van der Waals surface area contributed by atoms with Crippen molar-refractivity contribution in [1.29, 1.82) is 0 Å². The van der Waals surface area contributed by atoms with Gasteiger partial charge in [-0.25, -0.2) is 0 Å². The summed E-state index contributed by atoms with van der Waals surface area (Å²) in [7, 11) is 0. The van der Waals surface area contributed by atoms with Gasteiger partial charge in [-0.05, 0) is 83.5 Å². The van der Waals surface area contributed by atoms with Crippen LogP contribution in [-0.4, -0.2) is 46.9 Å². The van der Waals surface area contributed by atoms with Gasteiger partial charge in [-0.1, -0.05) is 223 Å². The molecular formula is C56H101NO5. The van der Waals surface area contributed by atoms with Gasteiger partial charge < -0.3 is 20.3 Å². The molecule has 62 heavy (non-hydrogen) atoms. The molecule has 0 aromatic rings. The Bertz CT molecular complexity index is 1110. The molecule has 3 N–H and O–H groups in total. The summed E-state index contributed by atoms with van der Waals surface area (Å²) in [5.74, 6) is -0.525. The zero-order valence-electron chi connectivity index (χ0n) is 41.0. The minimum absolute atomic E-state index is 0.0511. The van der Waals surface area contributed by atoms with Gasteiger partial charge >= 0.3 is 5.97 Å². The van der Waals surface area contributed by atoms with E-state index in [1.165, 1.54) is 109 Å². The summed E-state index contributed by atoms with van der Waals surface area (Å²) in [5, 5.41) is 23.8. The highest BCUT2D eigenvalue weighted by atomic mass is 16.5. The van der Waals surface area contributed by atoms with Crippen molar-refractivity contribution in [3.63, 3.8) is 0 Å². The van der Waals surface area contributed by atoms with Gasteiger partial charge in [0.15, 0.2) is 0 Å². The van der Waals surface area contributed by atoms with Gasteiger partial charge in [0.2, 0.25) is 5.91 Å². The maximum Gasteiger partial charge on any atom is 0.306 e. The highest BCUT2D eigenvalue weighted by Gasteiger charge is 2.24. The van der Waals surface area contributed by atoms with Crippen LogP contribution in [0.3, 0.4) is 0 Å². The van der Waals surface area contributed by atoms with Gasteiger partial charge in [0.25, 0.3) is 0 Å². The predicted molar refractivity (Wildman–Crippen MR) is 268 cm³/mol. The van der Waals surface area contributed by atoms with E-state index in [0.29, 0.717) is 19.3 Å². The third-order valence-corrected chi connectivity index (χ3v) is 11.9. The van der Waals surface area contributed by atoms with Crippen molar-refractivity contribution >= 4 is 11.9 Å². The fourth-order valence-corrected chi connectivity index (χ4v) is 7.85. The first kappa shape index (κ1) is 59.6. The lowest BCUT2D eigenvalue weighted by Gasteiger charge is -2.24. The normalized spacial score (nSPS) is 13.7. The van der Waals surface area contributed by atoms with Gasteiger partial charge in [0, 0.05) is 6.42 Å². The molecule has 0 aromatic carbocycles. The van der Waals surface area contributed by atoms with Gasteiger partial charge in [-0.15, -0.1) is 0 Å². The molecule has 0 spiro atoms. The average Bonchev–Trinajstić information content (AvgIpc) is 3.26. The molecule has 1 amide bonds. The molecule has 0 saturated heterocycles. The molecule has 0 bridgehead atoms. The molecule has 0 aromatic heterocycles. The number of nitrogens with one attached hydrogen (secondary N) is 1. The summed E-state index contributed by atoms with van der Waals surface area (Å²) in [6, 6.07) is -0.715. The Kier molecular flexibility index (Phi) is 47.6. The number of esters is 1. The molecular weight excluding hydrogens is 767 g/mol. The Balaban J connectivity index is 4.65. The number of unbranched alkanes of at least 4 members (excludes halogenated alkanes) is 26. The predicted octanol–water partition coefficient (Wildman–Crippen LogP) is 16.0. The number of carbonyl (C=O) groups excluding carboxylic acids is 2. The Morgan fingerprint density at radius 3 is 1.42 bits per heavy atom. The third kappa shape index (κ3) is 44.2. The summed E-state index contributed by atoms with van der Waals surface area (Å²) in [6.07, 6.45) is 61.4. The second-order valence-corrected chi connectivity index (χ2v) is 17.9. The smallest absolute Gasteiger partial charge is 0.306 e. The van der Waals surface area contributed by atoms with Crippen LogP contribution in [0.1, 0.15) is 258 Å². The number of hydrogen-bond acceptors (Lipinski definition) is 5. The molecule has 3 unspecified atom stereocenters. The van der Waals surface area contributed by atoms with E-state index < -0.39 is 18.2 Å². The maximum atomic E-state index is 13.2. The summed E-state index contributed by atoms with van der Waals surface area (Å²) < 4.78 is 5.92. The lowest BCUT2D eigenvalue weighted by molar-refractivity contribution is -0.151. The van der Waals surface area contributed by atoms with E-state index in [0.717, 1.165) is 103 Å². The first-order valence-corrected chi connectivity index (χ1v) is 26.5. The maximum absolute atomic E-state index is 13.2. The molecule has 0 fully saturated rings. The van der Waals surface area contributed by atoms with E-state index in [2.05, 4.69) is 86.8 Å². The fourth-order valence-electron chi connectivity index (χ4n) is 7.85. The van der Waals surface area contributed by atoms with Gasteiger partial charge in [0.1, 0.15) is 6.10 Å². The molecule has 6 heteroatoms. The van der Waals surface area contributed by atoms with Crippen molar-refractivity contribution in [3.8, 4) is 0 Å². The van der Waals surface area contributed by atoms with Gasteiger partial charge in [0.05, 0.1) is 25.2 Å². The van der Waals surface area contributed by atoms with Crippen LogP contribution in [0.15, 0.2) is 60.8 Å². The lowest BCUT2D eigenvalue weighted by Crippen LogP contribution is -2.46. The summed E-state index contributed by atoms with van der Waals surface area (Å²) >= 11 is 0. The highest BCUT2D eigenvalue weighted by Crippen LogP contribution is 2.17. The molecule has 0 aliphatic carbocycles. The number of rotatable bonds is 47. The Labute approximate surface area is 384 Å². The lowest BCUT2D eigenvalue weighted by atomic mass is 10.0. The van der Waals surface area contributed by atoms with Gasteiger partial charge in [-0.3, -0.25) is 9.59 Å². The summed E-state index contributed by atoms with van der Waals surface area (Å²) in [5.41, 5.74) is 0. The second kappa shape index (κ2) is 49.6. The SMILES string of the molecule is CC/C=C/C/C=C/C/C=C/CCCCCCC(CC(=O)NC(CO)C(O)CCCCCCCCCCCCCCC)OC(=O)CCCCC/C=C/C=C/CCCCCCCCC. The zero-order valence-corrected chi connectivity index (χ0v) is 41.0. The number of carbonyl (C=O) groups is 2. The van der Waals surface area contributed by atoms with Crippen LogP contribution < -0.4 is 5.32 Å². The fraction of sp³-hybridized carbons (Fsp3) is 0.786. The number of allylic oxidation sites excluding steroid dienone is 10. The topological polar surface area (TPSA) is 95.9 Å². The number of ether oxygens (including phenoxy) is 1. The van der Waals surface area contributed by atoms with E-state index >= 15 is 0 Å². The van der Waals surface area contributed by atoms with Crippen LogP contribution in [0.5, 0.6) is 0 Å². The van der Waals surface area contributed by atoms with Crippen LogP contribution in [-0.2, 0) is 14.3 Å². The van der Waals surface area contributed by atoms with Crippen molar-refractivity contribution in [1.82, 2.24) is 5.32 Å². The Morgan fingerprint density at radius 1 is 0.500 bits per heavy atom. The minimum Gasteiger partial charge on any atom is -0.462 e. The quantitative estimate of drug-likeness (QED) is 0.0245. The monoisotopic (exact) mass is 868 g/mol. The molecule has 0 aliphatic rings. The number of aliphatic hydroxyl groups excluding tert-OH is 2. The molecule has 0 heterocycles. The van der Waals surface area contributed by atoms with E-state index in [4.69, 9.17) is 4.74 Å². The van der Waals surface area contributed by atoms with E-state index in [-0.39, 0.29) is 24.9 Å². The van der Waals surface area contributed by atoms with Crippen LogP contribution in [0.2, 0.25) is 0 Å². The summed E-state index contributed by atoms with van der Waals surface area (Å²) in [6.45, 7) is 6.36. The van der Waals surface area contributed by atoms with Crippen molar-refractivity contribution in [3.05, 3.63) is 60.8 Å². The molecule has 0 aliphatic heterocycles. The zero-order chi connectivity index (χ0) is 45.2. The number of aliphatic hydroxyl groups is 2. The van der Waals surface area contributed by atoms with Crippen LogP contribution in [0.4, 0.5) is 0 Å². The first-order valence-electron chi connectivity index (χ1n) is 26.5. The Hall–Kier alpha value is -2.44. The van der Waals surface area contributed by atoms with Gasteiger partial charge in [-0.2, -0.15) is 0 Å². The molecule has 0 saturated carbocycles. The molecule has 3 atom stereocenters. The third-order valence-electron chi connectivity index (χ3n) is 11.9. The largest absolute Gasteiger partial charge is 0.462 e. The van der Waals surface area contributed by atoms with Crippen molar-refractivity contribution in [2.24, 2.45) is 0 Å². The Morgan fingerprint density at radius 2 is 0.919 bits per heavy atom. The first-order chi connectivity index (χ1) is 30.5. The van der Waals surface area contributed by atoms with E-state index in [1.54, 1.807) is 0 Å². The van der Waals surface area contributed by atoms with E-state index in [9.17, 15) is 19.8 Å². The standard InChI is InChI=1S/C56H101NO5/c1-4-7-10-13-16-19-22-25-27-28-31-34-37-40-43-46-49-56(61)62-52(47-44-41-38-35-32-30-26-23-20-17-14-11-8-5-2)50-55(60)57-53(51-58)54(59)48-45-42-39-36-33-29-24-21-18-15-12-9-6-3/h8,11,17,20,26-28,30-31,34,52-54,58-59H,4-7,9-10,12-16,18-19,21-25,29,32-33,35-51H2,1-3H3,(H,57,60)/b11-8+,20-17+,28-27+,30-26+,34-31+. The molecule has 6 nitrogen and oxygen atoms in total. The highest BCUT2D eigenvalue weighted by molar-refractivity contribution is 5.77. The van der Waals surface area contributed by atoms with Crippen LogP contribution in [0.25, 0.3) is 0 Å². The van der Waals surface area contributed by atoms with Crippen molar-refractivity contribution < 1.29 is 24.5 Å². The summed E-state index contributed by atoms with van der Waals surface area (Å²) in [4.78, 5) is 26.2. The van der Waals surface area contributed by atoms with E-state index in [1.807, 2.05) is 0 Å². The minimum atomic E-state index is -0.800. The van der Waals surface area contributed by atoms with Crippen molar-refractivity contribution in [2.45, 2.75) is 277 Å². The van der Waals surface area contributed by atoms with Crippen LogP contribution in [0, 0.1) is 0 Å².